The molecule has 2 aromatic rings. The first-order valence-corrected chi connectivity index (χ1v) is 10.2. The number of carbonyl (C=O) groups is 3. The van der Waals surface area contributed by atoms with Crippen LogP contribution in [0.5, 0.6) is 11.5 Å². The van der Waals surface area contributed by atoms with Crippen LogP contribution in [-0.2, 0) is 4.79 Å². The van der Waals surface area contributed by atoms with Crippen LogP contribution in [0.1, 0.15) is 22.8 Å². The lowest BCUT2D eigenvalue weighted by Crippen LogP contribution is -2.33. The minimum Gasteiger partial charge on any atom is -0.490 e. The van der Waals surface area contributed by atoms with E-state index in [1.165, 1.54) is 0 Å². The van der Waals surface area contributed by atoms with E-state index in [4.69, 9.17) is 9.47 Å². The molecule has 0 saturated carbocycles. The Labute approximate surface area is 179 Å². The zero-order valence-electron chi connectivity index (χ0n) is 16.5. The molecule has 0 aliphatic carbocycles. The lowest BCUT2D eigenvalue weighted by atomic mass is 10.1. The largest absolute Gasteiger partial charge is 0.490 e. The second-order valence-electron chi connectivity index (χ2n) is 6.30. The molecule has 1 aliphatic rings. The van der Waals surface area contributed by atoms with Crippen LogP contribution in [0.2, 0.25) is 0 Å². The highest BCUT2D eigenvalue weighted by Gasteiger charge is 2.36. The summed E-state index contributed by atoms with van der Waals surface area (Å²) in [6.07, 6.45) is 3.24. The second-order valence-corrected chi connectivity index (χ2v) is 7.29. The summed E-state index contributed by atoms with van der Waals surface area (Å²) < 4.78 is 11.2. The number of hydrogen-bond donors (Lipinski definition) is 0. The number of rotatable bonds is 9. The topological polar surface area (TPSA) is 72.9 Å². The van der Waals surface area contributed by atoms with Crippen LogP contribution in [-0.4, -0.2) is 41.6 Å². The van der Waals surface area contributed by atoms with E-state index < -0.39 is 11.1 Å². The van der Waals surface area contributed by atoms with Gasteiger partial charge in [-0.3, -0.25) is 19.3 Å². The molecule has 0 unspecified atom stereocenters. The van der Waals surface area contributed by atoms with Crippen molar-refractivity contribution < 1.29 is 23.9 Å². The number of nitrogens with zero attached hydrogens (tertiary/aromatic N) is 1. The summed E-state index contributed by atoms with van der Waals surface area (Å²) in [5.74, 6) is 0.322. The van der Waals surface area contributed by atoms with Crippen LogP contribution < -0.4 is 9.47 Å². The number of thioether (sulfide) groups is 1. The van der Waals surface area contributed by atoms with E-state index in [0.717, 1.165) is 16.7 Å². The Bertz CT molecular complexity index is 1000. The molecular weight excluding hydrogens is 402 g/mol. The van der Waals surface area contributed by atoms with Gasteiger partial charge in [-0.05, 0) is 42.5 Å². The highest BCUT2D eigenvalue weighted by Crippen LogP contribution is 2.34. The fraction of sp³-hybridized carbons (Fsp3) is 0.174. The molecule has 1 saturated heterocycles. The minimum atomic E-state index is -0.487. The van der Waals surface area contributed by atoms with Crippen molar-refractivity contribution >= 4 is 34.8 Å². The van der Waals surface area contributed by atoms with E-state index in [1.54, 1.807) is 60.7 Å². The zero-order valence-corrected chi connectivity index (χ0v) is 17.3. The first-order chi connectivity index (χ1) is 14.5. The van der Waals surface area contributed by atoms with E-state index >= 15 is 0 Å². The minimum absolute atomic E-state index is 0.253. The lowest BCUT2D eigenvalue weighted by molar-refractivity contribution is -0.122. The number of benzene rings is 2. The fourth-order valence-corrected chi connectivity index (χ4v) is 3.64. The third-order valence-electron chi connectivity index (χ3n) is 4.19. The van der Waals surface area contributed by atoms with Gasteiger partial charge in [-0.15, -0.1) is 0 Å². The van der Waals surface area contributed by atoms with Gasteiger partial charge in [0, 0.05) is 5.56 Å². The summed E-state index contributed by atoms with van der Waals surface area (Å²) in [5.41, 5.74) is 1.14. The summed E-state index contributed by atoms with van der Waals surface area (Å²) >= 11 is 0.812. The summed E-state index contributed by atoms with van der Waals surface area (Å²) in [4.78, 5) is 38.6. The molecule has 0 spiro atoms. The number of ketones is 1. The highest BCUT2D eigenvalue weighted by molar-refractivity contribution is 8.18. The third kappa shape index (κ3) is 4.99. The Morgan fingerprint density at radius 3 is 2.57 bits per heavy atom. The van der Waals surface area contributed by atoms with Crippen molar-refractivity contribution in [3.8, 4) is 11.5 Å². The third-order valence-corrected chi connectivity index (χ3v) is 5.10. The molecule has 2 amide bonds. The molecule has 1 heterocycles. The average Bonchev–Trinajstić information content (AvgIpc) is 3.01. The van der Waals surface area contributed by atoms with Crippen molar-refractivity contribution in [1.82, 2.24) is 4.90 Å². The number of imide groups is 1. The van der Waals surface area contributed by atoms with Gasteiger partial charge >= 0.3 is 0 Å². The van der Waals surface area contributed by atoms with Crippen molar-refractivity contribution in [1.29, 1.82) is 0 Å². The Morgan fingerprint density at radius 2 is 1.87 bits per heavy atom. The van der Waals surface area contributed by atoms with Crippen LogP contribution in [0, 0.1) is 0 Å². The van der Waals surface area contributed by atoms with Crippen molar-refractivity contribution in [2.75, 3.05) is 19.8 Å². The summed E-state index contributed by atoms with van der Waals surface area (Å²) in [7, 11) is 0. The summed E-state index contributed by atoms with van der Waals surface area (Å²) in [6, 6.07) is 13.8. The second kappa shape index (κ2) is 9.93. The van der Waals surface area contributed by atoms with Gasteiger partial charge in [0.05, 0.1) is 18.1 Å². The molecule has 6 nitrogen and oxygen atoms in total. The predicted octanol–water partition coefficient (Wildman–Crippen LogP) is 4.57. The van der Waals surface area contributed by atoms with Gasteiger partial charge in [-0.25, -0.2) is 0 Å². The Kier molecular flexibility index (Phi) is 7.08. The molecule has 154 valence electrons. The van der Waals surface area contributed by atoms with Crippen LogP contribution in [0.25, 0.3) is 6.08 Å². The molecule has 7 heteroatoms. The van der Waals surface area contributed by atoms with E-state index in [-0.39, 0.29) is 17.2 Å². The van der Waals surface area contributed by atoms with Gasteiger partial charge < -0.3 is 9.47 Å². The van der Waals surface area contributed by atoms with Gasteiger partial charge in [-0.2, -0.15) is 0 Å². The van der Waals surface area contributed by atoms with E-state index in [9.17, 15) is 14.4 Å². The smallest absolute Gasteiger partial charge is 0.293 e. The molecule has 0 N–H and O–H groups in total. The predicted molar refractivity (Wildman–Crippen MR) is 117 cm³/mol. The quantitative estimate of drug-likeness (QED) is 0.334. The van der Waals surface area contributed by atoms with Gasteiger partial charge in [0.15, 0.2) is 17.3 Å². The van der Waals surface area contributed by atoms with Crippen molar-refractivity contribution in [3.05, 3.63) is 77.2 Å². The molecule has 0 bridgehead atoms. The van der Waals surface area contributed by atoms with Crippen molar-refractivity contribution in [2.24, 2.45) is 0 Å². The van der Waals surface area contributed by atoms with E-state index in [0.29, 0.717) is 35.8 Å². The molecule has 2 aromatic carbocycles. The number of ether oxygens (including phenoxy) is 2. The fourth-order valence-electron chi connectivity index (χ4n) is 2.80. The SMILES string of the molecule is C=CCOc1ccc(/C=C2/SC(=O)N(CC(=O)c3ccccc3)C2=O)cc1OCC. The molecule has 1 fully saturated rings. The summed E-state index contributed by atoms with van der Waals surface area (Å²) in [6.45, 7) is 5.99. The number of Topliss-reactive ketones (excluding diaryl/α,β-unsaturated/α-hetero) is 1. The Balaban J connectivity index is 1.78. The zero-order chi connectivity index (χ0) is 21.5. The van der Waals surface area contributed by atoms with Crippen LogP contribution in [0.3, 0.4) is 0 Å². The molecule has 0 radical (unpaired) electrons. The molecule has 30 heavy (non-hydrogen) atoms. The van der Waals surface area contributed by atoms with E-state index in [2.05, 4.69) is 6.58 Å². The number of carbonyl (C=O) groups excluding carboxylic acids is 3. The van der Waals surface area contributed by atoms with E-state index in [1.807, 2.05) is 6.92 Å². The van der Waals surface area contributed by atoms with Crippen LogP contribution in [0.15, 0.2) is 66.1 Å². The van der Waals surface area contributed by atoms with Crippen molar-refractivity contribution in [3.63, 3.8) is 0 Å². The van der Waals surface area contributed by atoms with Crippen molar-refractivity contribution in [2.45, 2.75) is 6.92 Å². The average molecular weight is 423 g/mol. The summed E-state index contributed by atoms with van der Waals surface area (Å²) in [5, 5.41) is -0.466. The van der Waals surface area contributed by atoms with Gasteiger partial charge in [0.2, 0.25) is 0 Å². The highest BCUT2D eigenvalue weighted by atomic mass is 32.2. The maximum atomic E-state index is 12.7. The molecular formula is C23H21NO5S. The monoisotopic (exact) mass is 423 g/mol. The normalized spacial score (nSPS) is 14.8. The molecule has 1 aliphatic heterocycles. The first-order valence-electron chi connectivity index (χ1n) is 9.37. The maximum absolute atomic E-state index is 12.7. The maximum Gasteiger partial charge on any atom is 0.293 e. The van der Waals surface area contributed by atoms with Crippen LogP contribution in [0.4, 0.5) is 4.79 Å². The molecule has 3 rings (SSSR count). The standard InChI is InChI=1S/C23H21NO5S/c1-3-12-29-19-11-10-16(13-20(19)28-4-2)14-21-22(26)24(23(27)30-21)15-18(25)17-8-6-5-7-9-17/h3,5-11,13-14H,1,4,12,15H2,2H3/b21-14+. The Morgan fingerprint density at radius 1 is 1.10 bits per heavy atom. The Hall–Kier alpha value is -3.32. The first kappa shape index (κ1) is 21.4. The van der Waals surface area contributed by atoms with Gasteiger partial charge in [-0.1, -0.05) is 49.1 Å². The molecule has 0 aromatic heterocycles. The number of amides is 2. The van der Waals surface area contributed by atoms with Crippen LogP contribution >= 0.6 is 11.8 Å². The number of hydrogen-bond acceptors (Lipinski definition) is 6. The van der Waals surface area contributed by atoms with Gasteiger partial charge in [0.25, 0.3) is 11.1 Å². The van der Waals surface area contributed by atoms with Gasteiger partial charge in [0.1, 0.15) is 6.61 Å². The lowest BCUT2D eigenvalue weighted by Gasteiger charge is -2.12. The molecule has 0 atom stereocenters.